The molecule has 1 aromatic heterocycles. The van der Waals surface area contributed by atoms with Gasteiger partial charge in [0.25, 0.3) is 11.8 Å². The minimum atomic E-state index is -1.23. The lowest BCUT2D eigenvalue weighted by Crippen LogP contribution is -2.71. The van der Waals surface area contributed by atoms with Crippen molar-refractivity contribution in [2.45, 2.75) is 11.4 Å². The van der Waals surface area contributed by atoms with Gasteiger partial charge in [-0.1, -0.05) is 16.9 Å². The summed E-state index contributed by atoms with van der Waals surface area (Å²) in [6.07, 6.45) is 1.77. The van der Waals surface area contributed by atoms with Gasteiger partial charge in [0.15, 0.2) is 16.0 Å². The van der Waals surface area contributed by atoms with Crippen molar-refractivity contribution in [3.63, 3.8) is 0 Å². The van der Waals surface area contributed by atoms with Crippen molar-refractivity contribution in [1.82, 2.24) is 20.1 Å². The zero-order valence-electron chi connectivity index (χ0n) is 17.7. The van der Waals surface area contributed by atoms with Crippen molar-refractivity contribution in [3.8, 4) is 0 Å². The number of anilines is 1. The van der Waals surface area contributed by atoms with Crippen molar-refractivity contribution in [3.05, 3.63) is 34.2 Å². The Morgan fingerprint density at radius 1 is 1.41 bits per heavy atom. The number of thioether (sulfide) groups is 2. The lowest BCUT2D eigenvalue weighted by atomic mass is 10.0. The Morgan fingerprint density at radius 3 is 2.82 bits per heavy atom. The van der Waals surface area contributed by atoms with E-state index in [1.165, 1.54) is 33.8 Å². The molecule has 1 unspecified atom stereocenters. The number of carbonyl (C=O) groups is 3. The Morgan fingerprint density at radius 2 is 2.18 bits per heavy atom. The fourth-order valence-electron chi connectivity index (χ4n) is 3.46. The molecule has 0 spiro atoms. The van der Waals surface area contributed by atoms with E-state index in [4.69, 9.17) is 11.5 Å². The standard InChI is InChI=1S/C18H20N8O5S3/c1-25-3-2-9(19)22-18(25)34-5-7-4-32-15-11(14(28)26(15)12(7)16(29)30)23-13(27)10(24-31)8-6-33-17(20)21-8/h2,6,11,15,31H,3-5,19H2,1H3,(H2,20,21)(H,23,27)(H,29,30)/b24-10-/t11?,15-/m0/s1. The third-order valence-corrected chi connectivity index (χ3v) is 8.28. The quantitative estimate of drug-likeness (QED) is 0.139. The number of hydrogen-bond acceptors (Lipinski definition) is 13. The molecule has 1 fully saturated rings. The van der Waals surface area contributed by atoms with Gasteiger partial charge in [-0.3, -0.25) is 14.5 Å². The number of fused-ring (bicyclic) bond motifs is 1. The van der Waals surface area contributed by atoms with Gasteiger partial charge in [-0.25, -0.2) is 14.8 Å². The van der Waals surface area contributed by atoms with Crippen LogP contribution >= 0.6 is 34.9 Å². The minimum absolute atomic E-state index is 0.0685. The first kappa shape index (κ1) is 23.9. The van der Waals surface area contributed by atoms with E-state index in [1.54, 1.807) is 6.08 Å². The van der Waals surface area contributed by atoms with Gasteiger partial charge >= 0.3 is 5.97 Å². The number of nitrogen functional groups attached to an aromatic ring is 1. The van der Waals surface area contributed by atoms with E-state index in [-0.39, 0.29) is 16.5 Å². The Bertz CT molecular complexity index is 1180. The summed E-state index contributed by atoms with van der Waals surface area (Å²) in [6, 6.07) is -0.979. The summed E-state index contributed by atoms with van der Waals surface area (Å²) in [6.45, 7) is 0.595. The van der Waals surface area contributed by atoms with Crippen LogP contribution in [0.3, 0.4) is 0 Å². The van der Waals surface area contributed by atoms with E-state index in [9.17, 15) is 24.7 Å². The molecular formula is C18H20N8O5S3. The molecule has 4 heterocycles. The summed E-state index contributed by atoms with van der Waals surface area (Å²) in [5, 5.41) is 26.2. The van der Waals surface area contributed by atoms with E-state index in [0.29, 0.717) is 34.6 Å². The number of carbonyl (C=O) groups excluding carboxylic acids is 2. The zero-order chi connectivity index (χ0) is 24.6. The monoisotopic (exact) mass is 524 g/mol. The Kier molecular flexibility index (Phi) is 6.72. The maximum Gasteiger partial charge on any atom is 0.352 e. The first-order valence-corrected chi connectivity index (χ1v) is 12.6. The van der Waals surface area contributed by atoms with Gasteiger partial charge < -0.3 is 32.0 Å². The number of oxime groups is 1. The Hall–Kier alpha value is -3.24. The maximum absolute atomic E-state index is 12.8. The third-order valence-electron chi connectivity index (χ3n) is 5.12. The van der Waals surface area contributed by atoms with Crippen molar-refractivity contribution < 1.29 is 24.7 Å². The first-order valence-electron chi connectivity index (χ1n) is 9.73. The molecule has 0 aromatic carbocycles. The number of likely N-dealkylation sites (N-methyl/N-ethyl adjacent to an activating group) is 1. The molecule has 2 atom stereocenters. The number of carboxylic acids is 1. The summed E-state index contributed by atoms with van der Waals surface area (Å²) in [7, 11) is 1.85. The molecule has 0 bridgehead atoms. The van der Waals surface area contributed by atoms with Gasteiger partial charge in [-0.2, -0.15) is 0 Å². The molecule has 3 aliphatic heterocycles. The number of carboxylic acid groups (broad SMARTS) is 1. The lowest BCUT2D eigenvalue weighted by Gasteiger charge is -2.49. The number of aliphatic carboxylic acids is 1. The lowest BCUT2D eigenvalue weighted by molar-refractivity contribution is -0.150. The molecule has 0 radical (unpaired) electrons. The van der Waals surface area contributed by atoms with Gasteiger partial charge in [0.05, 0.1) is 0 Å². The van der Waals surface area contributed by atoms with Crippen LogP contribution in [0.15, 0.2) is 38.7 Å². The van der Waals surface area contributed by atoms with Gasteiger partial charge in [0.1, 0.15) is 28.6 Å². The van der Waals surface area contributed by atoms with Crippen molar-refractivity contribution in [2.24, 2.45) is 15.9 Å². The van der Waals surface area contributed by atoms with Crippen LogP contribution in [-0.2, 0) is 14.4 Å². The van der Waals surface area contributed by atoms with Crippen LogP contribution in [0, 0.1) is 0 Å². The molecule has 34 heavy (non-hydrogen) atoms. The summed E-state index contributed by atoms with van der Waals surface area (Å²) < 4.78 is 0. The van der Waals surface area contributed by atoms with E-state index in [2.05, 4.69) is 20.4 Å². The number of aromatic nitrogens is 1. The molecule has 0 saturated carbocycles. The second-order valence-electron chi connectivity index (χ2n) is 7.33. The molecule has 0 aliphatic carbocycles. The van der Waals surface area contributed by atoms with Crippen molar-refractivity contribution in [2.75, 3.05) is 30.8 Å². The number of rotatable bonds is 6. The highest BCUT2D eigenvalue weighted by molar-refractivity contribution is 8.14. The summed E-state index contributed by atoms with van der Waals surface area (Å²) in [5.41, 5.74) is 11.5. The first-order chi connectivity index (χ1) is 16.2. The molecule has 16 heteroatoms. The number of aliphatic imine (C=N–C) groups is 1. The van der Waals surface area contributed by atoms with Gasteiger partial charge in [0, 0.05) is 30.5 Å². The van der Waals surface area contributed by atoms with E-state index in [1.807, 2.05) is 11.9 Å². The van der Waals surface area contributed by atoms with Crippen LogP contribution in [0.25, 0.3) is 0 Å². The topological polar surface area (TPSA) is 200 Å². The van der Waals surface area contributed by atoms with E-state index in [0.717, 1.165) is 11.3 Å². The van der Waals surface area contributed by atoms with Gasteiger partial charge in [-0.05, 0) is 11.6 Å². The highest BCUT2D eigenvalue weighted by Gasteiger charge is 2.54. The fraction of sp³-hybridized carbons (Fsp3) is 0.333. The number of hydrogen-bond donors (Lipinski definition) is 5. The second-order valence-corrected chi connectivity index (χ2v) is 10.3. The summed E-state index contributed by atoms with van der Waals surface area (Å²) in [5.74, 6) is -1.56. The van der Waals surface area contributed by atoms with E-state index < -0.39 is 34.9 Å². The fourth-order valence-corrected chi connectivity index (χ4v) is 6.49. The van der Waals surface area contributed by atoms with Crippen LogP contribution in [0.1, 0.15) is 5.69 Å². The van der Waals surface area contributed by atoms with Crippen LogP contribution < -0.4 is 16.8 Å². The van der Waals surface area contributed by atoms with Gasteiger partial charge in [-0.15, -0.1) is 23.1 Å². The maximum atomic E-state index is 12.8. The summed E-state index contributed by atoms with van der Waals surface area (Å²) >= 11 is 3.73. The van der Waals surface area contributed by atoms with Crippen LogP contribution in [0.2, 0.25) is 0 Å². The van der Waals surface area contributed by atoms with Crippen LogP contribution in [0.4, 0.5) is 5.13 Å². The Balaban J connectivity index is 1.47. The molecule has 7 N–H and O–H groups in total. The molecule has 13 nitrogen and oxygen atoms in total. The molecule has 4 rings (SSSR count). The summed E-state index contributed by atoms with van der Waals surface area (Å²) in [4.78, 5) is 48.7. The smallest absolute Gasteiger partial charge is 0.352 e. The van der Waals surface area contributed by atoms with Crippen molar-refractivity contribution >= 4 is 68.7 Å². The molecule has 3 aliphatic rings. The van der Waals surface area contributed by atoms with E-state index >= 15 is 0 Å². The van der Waals surface area contributed by atoms with Crippen molar-refractivity contribution in [1.29, 1.82) is 0 Å². The number of nitrogens with one attached hydrogen (secondary N) is 1. The Labute approximate surface area is 205 Å². The predicted octanol–water partition coefficient (Wildman–Crippen LogP) is -0.523. The highest BCUT2D eigenvalue weighted by Crippen LogP contribution is 2.41. The zero-order valence-corrected chi connectivity index (χ0v) is 20.1. The number of nitrogens with two attached hydrogens (primary N) is 2. The predicted molar refractivity (Wildman–Crippen MR) is 129 cm³/mol. The van der Waals surface area contributed by atoms with Crippen LogP contribution in [0.5, 0.6) is 0 Å². The normalized spacial score (nSPS) is 22.6. The highest BCUT2D eigenvalue weighted by atomic mass is 32.2. The van der Waals surface area contributed by atoms with Gasteiger partial charge in [0.2, 0.25) is 0 Å². The molecule has 1 aromatic rings. The third kappa shape index (κ3) is 4.43. The molecular weight excluding hydrogens is 504 g/mol. The SMILES string of the molecule is CN1CC=C(N)N=C1SCC1=C(C(=O)O)N2C(=O)C(NC(=O)/C(=N\O)c3csc(N)n3)[C@@H]2SC1. The minimum Gasteiger partial charge on any atom is -0.477 e. The number of amides is 2. The van der Waals surface area contributed by atoms with Crippen LogP contribution in [-0.4, -0.2) is 90.3 Å². The average molecular weight is 525 g/mol. The number of thiazole rings is 1. The number of β-lactam (4-membered cyclic amide) rings is 1. The number of nitrogens with zero attached hydrogens (tertiary/aromatic N) is 5. The molecule has 1 saturated heterocycles. The molecule has 2 amide bonds. The molecule has 180 valence electrons. The number of amidine groups is 1. The largest absolute Gasteiger partial charge is 0.477 e. The average Bonchev–Trinajstić information content (AvgIpc) is 3.23. The second kappa shape index (κ2) is 9.55.